The Bertz CT molecular complexity index is 757. The molecule has 0 bridgehead atoms. The summed E-state index contributed by atoms with van der Waals surface area (Å²) in [5, 5.41) is 14.4. The minimum atomic E-state index is -1.06. The maximum Gasteiger partial charge on any atom is 0.125 e. The van der Waals surface area contributed by atoms with Crippen molar-refractivity contribution in [2.24, 2.45) is 0 Å². The number of alkyl halides is 1. The van der Waals surface area contributed by atoms with Gasteiger partial charge in [0.25, 0.3) is 0 Å². The summed E-state index contributed by atoms with van der Waals surface area (Å²) in [6.45, 7) is 0.359. The molecular formula is C18H21ClF2N2O. The highest BCUT2D eigenvalue weighted by molar-refractivity contribution is 5.85. The van der Waals surface area contributed by atoms with Crippen LogP contribution in [0.3, 0.4) is 0 Å². The molecule has 130 valence electrons. The first-order valence-corrected chi connectivity index (χ1v) is 7.70. The highest BCUT2D eigenvalue weighted by atomic mass is 35.5. The lowest BCUT2D eigenvalue weighted by Crippen LogP contribution is -2.34. The first kappa shape index (κ1) is 18.6. The van der Waals surface area contributed by atoms with Gasteiger partial charge in [-0.3, -0.25) is 0 Å². The summed E-state index contributed by atoms with van der Waals surface area (Å²) >= 11 is 0. The Hall–Kier alpha value is -1.69. The second kappa shape index (κ2) is 7.92. The zero-order valence-electron chi connectivity index (χ0n) is 13.3. The zero-order chi connectivity index (χ0) is 16.4. The summed E-state index contributed by atoms with van der Waals surface area (Å²) in [5.41, 5.74) is 1.49. The lowest BCUT2D eigenvalue weighted by molar-refractivity contribution is 0.127. The third-order valence-electron chi connectivity index (χ3n) is 4.20. The van der Waals surface area contributed by atoms with Gasteiger partial charge in [-0.05, 0) is 42.3 Å². The van der Waals surface area contributed by atoms with Crippen molar-refractivity contribution in [3.8, 4) is 0 Å². The maximum absolute atomic E-state index is 13.8. The molecule has 2 N–H and O–H groups in total. The van der Waals surface area contributed by atoms with Crippen LogP contribution >= 0.6 is 12.4 Å². The minimum Gasteiger partial charge on any atom is -0.389 e. The number of hydrogen-bond acceptors (Lipinski definition) is 2. The monoisotopic (exact) mass is 354 g/mol. The number of fused-ring (bicyclic) bond motifs is 1. The van der Waals surface area contributed by atoms with Crippen LogP contribution in [0.5, 0.6) is 0 Å². The van der Waals surface area contributed by atoms with E-state index in [0.29, 0.717) is 12.1 Å². The van der Waals surface area contributed by atoms with Gasteiger partial charge >= 0.3 is 0 Å². The van der Waals surface area contributed by atoms with E-state index in [1.54, 1.807) is 19.2 Å². The fourth-order valence-electron chi connectivity index (χ4n) is 3.18. The average Bonchev–Trinajstić information content (AvgIpc) is 2.91. The van der Waals surface area contributed by atoms with Crippen molar-refractivity contribution in [2.45, 2.75) is 24.7 Å². The predicted octanol–water partition coefficient (Wildman–Crippen LogP) is 3.55. The molecule has 2 aromatic rings. The van der Waals surface area contributed by atoms with Crippen LogP contribution in [-0.4, -0.2) is 35.5 Å². The third-order valence-corrected chi connectivity index (χ3v) is 4.20. The number of nitrogens with zero attached hydrogens (tertiary/aromatic N) is 1. The van der Waals surface area contributed by atoms with Crippen molar-refractivity contribution in [3.63, 3.8) is 0 Å². The number of aliphatic hydroxyl groups is 1. The molecule has 0 radical (unpaired) electrons. The summed E-state index contributed by atoms with van der Waals surface area (Å²) < 4.78 is 29.2. The number of halogens is 3. The van der Waals surface area contributed by atoms with Crippen LogP contribution in [0, 0.1) is 5.82 Å². The number of nitrogens with one attached hydrogen (secondary N) is 1. The van der Waals surface area contributed by atoms with Crippen LogP contribution in [0.25, 0.3) is 10.9 Å². The molecule has 3 rings (SSSR count). The summed E-state index contributed by atoms with van der Waals surface area (Å²) in [5.74, 6) is -0.333. The third kappa shape index (κ3) is 3.69. The van der Waals surface area contributed by atoms with Crippen LogP contribution in [0.15, 0.2) is 54.3 Å². The Morgan fingerprint density at radius 2 is 2.17 bits per heavy atom. The lowest BCUT2D eigenvalue weighted by atomic mass is 9.92. The molecule has 6 heteroatoms. The average molecular weight is 355 g/mol. The molecule has 1 aliphatic rings. The second-order valence-corrected chi connectivity index (χ2v) is 5.84. The number of rotatable bonds is 5. The first-order chi connectivity index (χ1) is 11.1. The molecule has 0 saturated heterocycles. The molecule has 2 unspecified atom stereocenters. The van der Waals surface area contributed by atoms with Crippen molar-refractivity contribution < 1.29 is 13.9 Å². The molecule has 0 aliphatic heterocycles. The van der Waals surface area contributed by atoms with Crippen LogP contribution < -0.4 is 5.32 Å². The summed E-state index contributed by atoms with van der Waals surface area (Å²) in [6, 6.07) is 5.99. The van der Waals surface area contributed by atoms with E-state index >= 15 is 0 Å². The zero-order valence-corrected chi connectivity index (χ0v) is 14.1. The van der Waals surface area contributed by atoms with Gasteiger partial charge in [0.1, 0.15) is 12.0 Å². The van der Waals surface area contributed by atoms with E-state index in [1.165, 1.54) is 18.2 Å². The Morgan fingerprint density at radius 3 is 2.88 bits per heavy atom. The molecule has 3 atom stereocenters. The van der Waals surface area contributed by atoms with Gasteiger partial charge in [0.05, 0.1) is 17.7 Å². The number of likely N-dealkylation sites (N-methyl/N-ethyl adjacent to an activating group) is 1. The molecule has 0 spiro atoms. The quantitative estimate of drug-likeness (QED) is 0.861. The van der Waals surface area contributed by atoms with Gasteiger partial charge in [-0.15, -0.1) is 12.4 Å². The van der Waals surface area contributed by atoms with Crippen molar-refractivity contribution in [3.05, 3.63) is 60.1 Å². The van der Waals surface area contributed by atoms with Crippen molar-refractivity contribution >= 4 is 23.3 Å². The van der Waals surface area contributed by atoms with E-state index in [-0.39, 0.29) is 24.6 Å². The van der Waals surface area contributed by atoms with Gasteiger partial charge in [0, 0.05) is 19.2 Å². The van der Waals surface area contributed by atoms with Gasteiger partial charge in [-0.1, -0.05) is 18.2 Å². The minimum absolute atomic E-state index is 0. The summed E-state index contributed by atoms with van der Waals surface area (Å²) in [7, 11) is 1.75. The highest BCUT2D eigenvalue weighted by Crippen LogP contribution is 2.32. The smallest absolute Gasteiger partial charge is 0.125 e. The molecule has 0 saturated carbocycles. The van der Waals surface area contributed by atoms with Crippen molar-refractivity contribution in [1.82, 2.24) is 9.88 Å². The Balaban J connectivity index is 0.00000208. The molecule has 3 nitrogen and oxygen atoms in total. The number of aliphatic hydroxyl groups excluding tert-OH is 1. The van der Waals surface area contributed by atoms with E-state index in [1.807, 2.05) is 22.9 Å². The van der Waals surface area contributed by atoms with Gasteiger partial charge in [-0.25, -0.2) is 8.78 Å². The largest absolute Gasteiger partial charge is 0.389 e. The van der Waals surface area contributed by atoms with Crippen molar-refractivity contribution in [2.75, 3.05) is 13.6 Å². The van der Waals surface area contributed by atoms with Gasteiger partial charge < -0.3 is 15.0 Å². The number of allylic oxidation sites excluding steroid dienone is 3. The summed E-state index contributed by atoms with van der Waals surface area (Å²) in [6.07, 6.45) is 5.26. The molecule has 0 fully saturated rings. The molecule has 1 aromatic heterocycles. The van der Waals surface area contributed by atoms with E-state index in [2.05, 4.69) is 5.32 Å². The van der Waals surface area contributed by atoms with Crippen LogP contribution in [0.1, 0.15) is 12.5 Å². The van der Waals surface area contributed by atoms with E-state index in [9.17, 15) is 13.9 Å². The number of hydrogen-bond donors (Lipinski definition) is 2. The van der Waals surface area contributed by atoms with Gasteiger partial charge in [0.2, 0.25) is 0 Å². The van der Waals surface area contributed by atoms with Gasteiger partial charge in [-0.2, -0.15) is 0 Å². The Kier molecular flexibility index (Phi) is 6.15. The molecular weight excluding hydrogens is 334 g/mol. The van der Waals surface area contributed by atoms with Crippen molar-refractivity contribution in [1.29, 1.82) is 0 Å². The lowest BCUT2D eigenvalue weighted by Gasteiger charge is -2.29. The molecule has 1 aromatic carbocycles. The van der Waals surface area contributed by atoms with Gasteiger partial charge in [0.15, 0.2) is 0 Å². The fourth-order valence-corrected chi connectivity index (χ4v) is 3.18. The van der Waals surface area contributed by atoms with E-state index in [4.69, 9.17) is 0 Å². The maximum atomic E-state index is 13.8. The van der Waals surface area contributed by atoms with Crippen LogP contribution in [0.4, 0.5) is 8.78 Å². The van der Waals surface area contributed by atoms with Crippen LogP contribution in [-0.2, 0) is 0 Å². The van der Waals surface area contributed by atoms with Crippen LogP contribution in [0.2, 0.25) is 0 Å². The Morgan fingerprint density at radius 1 is 1.38 bits per heavy atom. The second-order valence-electron chi connectivity index (χ2n) is 5.84. The normalized spacial score (nSPS) is 19.7. The molecule has 0 amide bonds. The molecule has 1 aliphatic carbocycles. The molecule has 1 heterocycles. The number of benzene rings is 1. The number of aromatic nitrogens is 1. The van der Waals surface area contributed by atoms with E-state index in [0.717, 1.165) is 11.0 Å². The highest BCUT2D eigenvalue weighted by Gasteiger charge is 2.28. The summed E-state index contributed by atoms with van der Waals surface area (Å²) in [4.78, 5) is 0. The SMILES string of the molecule is CNCC(O)[C@H](C1=CC=CC(F)C1)n1ccc2ccc(F)cc21.Cl. The first-order valence-electron chi connectivity index (χ1n) is 7.70. The standard InChI is InChI=1S/C18H20F2N2O.ClH/c1-21-11-17(23)18(13-3-2-4-14(19)9-13)22-8-7-12-5-6-15(20)10-16(12)22;/h2-8,10,14,17-18,21,23H,9,11H2,1H3;1H/t14?,17?,18-;/m0./s1. The Labute approximate surface area is 146 Å². The topological polar surface area (TPSA) is 37.2 Å². The van der Waals surface area contributed by atoms with E-state index < -0.39 is 18.3 Å². The molecule has 24 heavy (non-hydrogen) atoms. The fraction of sp³-hybridized carbons (Fsp3) is 0.333. The predicted molar refractivity (Wildman–Crippen MR) is 94.9 cm³/mol.